The Hall–Kier alpha value is -1.14. The van der Waals surface area contributed by atoms with E-state index >= 15 is 0 Å². The minimum absolute atomic E-state index is 0.0224. The second-order valence-corrected chi connectivity index (χ2v) is 6.71. The van der Waals surface area contributed by atoms with Gasteiger partial charge in [-0.15, -0.1) is 0 Å². The van der Waals surface area contributed by atoms with E-state index in [4.69, 9.17) is 16.3 Å². The largest absolute Gasteiger partial charge is 0.379 e. The topological polar surface area (TPSA) is 62.4 Å². The van der Waals surface area contributed by atoms with Crippen LogP contribution in [0.5, 0.6) is 0 Å². The number of anilines is 1. The molecule has 0 bridgehead atoms. The Morgan fingerprint density at radius 3 is 2.87 bits per heavy atom. The van der Waals surface area contributed by atoms with Gasteiger partial charge >= 0.3 is 0 Å². The van der Waals surface area contributed by atoms with Crippen LogP contribution in [-0.4, -0.2) is 44.3 Å². The molecule has 126 valence electrons. The number of hydrogen-bond donors (Lipinski definition) is 3. The summed E-state index contributed by atoms with van der Waals surface area (Å²) < 4.78 is 5.58. The SMILES string of the molecule is O=C(CNC1CCCC1C1COCCN1)Nc1ccc(Cl)cc1. The normalized spacial score (nSPS) is 27.8. The van der Waals surface area contributed by atoms with Gasteiger partial charge in [-0.2, -0.15) is 0 Å². The maximum atomic E-state index is 12.1. The van der Waals surface area contributed by atoms with Gasteiger partial charge in [0.2, 0.25) is 5.91 Å². The minimum Gasteiger partial charge on any atom is -0.379 e. The first-order chi connectivity index (χ1) is 11.2. The lowest BCUT2D eigenvalue weighted by atomic mass is 9.94. The first kappa shape index (κ1) is 16.7. The van der Waals surface area contributed by atoms with Gasteiger partial charge in [0.1, 0.15) is 0 Å². The van der Waals surface area contributed by atoms with Crippen molar-refractivity contribution < 1.29 is 9.53 Å². The summed E-state index contributed by atoms with van der Waals surface area (Å²) in [5.74, 6) is 0.518. The number of benzene rings is 1. The third-order valence-corrected chi connectivity index (χ3v) is 4.94. The first-order valence-electron chi connectivity index (χ1n) is 8.32. The molecule has 1 heterocycles. The predicted molar refractivity (Wildman–Crippen MR) is 91.8 cm³/mol. The van der Waals surface area contributed by atoms with E-state index in [-0.39, 0.29) is 5.91 Å². The number of rotatable bonds is 5. The van der Waals surface area contributed by atoms with E-state index in [2.05, 4.69) is 16.0 Å². The standard InChI is InChI=1S/C17H24ClN3O2/c18-12-4-6-13(7-5-12)21-17(22)10-20-15-3-1-2-14(15)16-11-23-9-8-19-16/h4-7,14-16,19-20H,1-3,8-11H2,(H,21,22). The summed E-state index contributed by atoms with van der Waals surface area (Å²) in [5.41, 5.74) is 0.770. The molecule has 3 atom stereocenters. The average molecular weight is 338 g/mol. The molecule has 1 saturated heterocycles. The maximum absolute atomic E-state index is 12.1. The molecule has 3 rings (SSSR count). The lowest BCUT2D eigenvalue weighted by molar-refractivity contribution is -0.115. The number of ether oxygens (including phenoxy) is 1. The van der Waals surface area contributed by atoms with Crippen molar-refractivity contribution in [1.82, 2.24) is 10.6 Å². The van der Waals surface area contributed by atoms with E-state index in [1.54, 1.807) is 12.1 Å². The number of nitrogens with one attached hydrogen (secondary N) is 3. The molecule has 0 radical (unpaired) electrons. The molecule has 23 heavy (non-hydrogen) atoms. The van der Waals surface area contributed by atoms with Crippen LogP contribution >= 0.6 is 11.6 Å². The van der Waals surface area contributed by atoms with Crippen LogP contribution < -0.4 is 16.0 Å². The second kappa shape index (κ2) is 8.11. The van der Waals surface area contributed by atoms with E-state index in [0.29, 0.717) is 29.6 Å². The lowest BCUT2D eigenvalue weighted by Gasteiger charge is -2.32. The fourth-order valence-electron chi connectivity index (χ4n) is 3.55. The summed E-state index contributed by atoms with van der Waals surface area (Å²) in [7, 11) is 0. The van der Waals surface area contributed by atoms with Crippen LogP contribution in [0.1, 0.15) is 19.3 Å². The predicted octanol–water partition coefficient (Wildman–Crippen LogP) is 2.03. The van der Waals surface area contributed by atoms with E-state index < -0.39 is 0 Å². The number of halogens is 1. The highest BCUT2D eigenvalue weighted by atomic mass is 35.5. The number of hydrogen-bond acceptors (Lipinski definition) is 4. The molecule has 2 fully saturated rings. The molecule has 3 unspecified atom stereocenters. The van der Waals surface area contributed by atoms with Crippen molar-refractivity contribution in [3.63, 3.8) is 0 Å². The van der Waals surface area contributed by atoms with E-state index in [9.17, 15) is 4.79 Å². The molecule has 1 aliphatic heterocycles. The summed E-state index contributed by atoms with van der Waals surface area (Å²) in [6.07, 6.45) is 3.52. The molecule has 1 aromatic carbocycles. The fourth-order valence-corrected chi connectivity index (χ4v) is 3.67. The lowest BCUT2D eigenvalue weighted by Crippen LogP contribution is -2.51. The van der Waals surface area contributed by atoms with Crippen LogP contribution in [0.25, 0.3) is 0 Å². The highest BCUT2D eigenvalue weighted by Gasteiger charge is 2.34. The number of morpholine rings is 1. The van der Waals surface area contributed by atoms with Crippen molar-refractivity contribution in [2.45, 2.75) is 31.3 Å². The zero-order chi connectivity index (χ0) is 16.1. The summed E-state index contributed by atoms with van der Waals surface area (Å²) in [6, 6.07) is 7.94. The number of carbonyl (C=O) groups excluding carboxylic acids is 1. The van der Waals surface area contributed by atoms with E-state index in [0.717, 1.165) is 31.9 Å². The summed E-state index contributed by atoms with van der Waals surface area (Å²) in [5, 5.41) is 10.5. The summed E-state index contributed by atoms with van der Waals surface area (Å²) in [6.45, 7) is 2.83. The van der Waals surface area contributed by atoms with Crippen LogP contribution in [0.2, 0.25) is 5.02 Å². The van der Waals surface area contributed by atoms with Crippen molar-refractivity contribution in [2.75, 3.05) is 31.6 Å². The van der Waals surface area contributed by atoms with Crippen LogP contribution in [0.4, 0.5) is 5.69 Å². The van der Waals surface area contributed by atoms with Gasteiger partial charge < -0.3 is 20.7 Å². The van der Waals surface area contributed by atoms with Crippen molar-refractivity contribution in [2.24, 2.45) is 5.92 Å². The Balaban J connectivity index is 1.46. The minimum atomic E-state index is -0.0224. The monoisotopic (exact) mass is 337 g/mol. The Morgan fingerprint density at radius 2 is 2.13 bits per heavy atom. The Kier molecular flexibility index (Phi) is 5.89. The van der Waals surface area contributed by atoms with Gasteiger partial charge in [0.05, 0.1) is 19.8 Å². The van der Waals surface area contributed by atoms with Gasteiger partial charge in [-0.25, -0.2) is 0 Å². The van der Waals surface area contributed by atoms with Gasteiger partial charge in [0.25, 0.3) is 0 Å². The molecule has 6 heteroatoms. The Bertz CT molecular complexity index is 517. The molecule has 5 nitrogen and oxygen atoms in total. The number of carbonyl (C=O) groups is 1. The smallest absolute Gasteiger partial charge is 0.238 e. The zero-order valence-electron chi connectivity index (χ0n) is 13.2. The molecular formula is C17H24ClN3O2. The molecule has 0 aromatic heterocycles. The first-order valence-corrected chi connectivity index (χ1v) is 8.70. The van der Waals surface area contributed by atoms with Crippen molar-refractivity contribution in [1.29, 1.82) is 0 Å². The fraction of sp³-hybridized carbons (Fsp3) is 0.588. The van der Waals surface area contributed by atoms with Crippen LogP contribution in [0, 0.1) is 5.92 Å². The molecule has 2 aliphatic rings. The van der Waals surface area contributed by atoms with Crippen molar-refractivity contribution in [3.05, 3.63) is 29.3 Å². The quantitative estimate of drug-likeness (QED) is 0.769. The van der Waals surface area contributed by atoms with Gasteiger partial charge in [0.15, 0.2) is 0 Å². The van der Waals surface area contributed by atoms with Crippen LogP contribution in [0.15, 0.2) is 24.3 Å². The van der Waals surface area contributed by atoms with Crippen LogP contribution in [-0.2, 0) is 9.53 Å². The molecule has 3 N–H and O–H groups in total. The number of amides is 1. The molecule has 1 saturated carbocycles. The third-order valence-electron chi connectivity index (χ3n) is 4.69. The van der Waals surface area contributed by atoms with Gasteiger partial charge in [-0.3, -0.25) is 4.79 Å². The van der Waals surface area contributed by atoms with Gasteiger partial charge in [-0.1, -0.05) is 18.0 Å². The van der Waals surface area contributed by atoms with Crippen molar-refractivity contribution >= 4 is 23.2 Å². The third kappa shape index (κ3) is 4.67. The second-order valence-electron chi connectivity index (χ2n) is 6.27. The van der Waals surface area contributed by atoms with Crippen molar-refractivity contribution in [3.8, 4) is 0 Å². The zero-order valence-corrected chi connectivity index (χ0v) is 13.9. The molecule has 1 amide bonds. The molecule has 0 spiro atoms. The maximum Gasteiger partial charge on any atom is 0.238 e. The Morgan fingerprint density at radius 1 is 1.30 bits per heavy atom. The molecule has 1 aliphatic carbocycles. The highest BCUT2D eigenvalue weighted by molar-refractivity contribution is 6.30. The Labute approximate surface area is 142 Å². The van der Waals surface area contributed by atoms with Crippen LogP contribution in [0.3, 0.4) is 0 Å². The van der Waals surface area contributed by atoms with Gasteiger partial charge in [0, 0.05) is 29.3 Å². The molecule has 1 aromatic rings. The summed E-state index contributed by atoms with van der Waals surface area (Å²) >= 11 is 5.84. The van der Waals surface area contributed by atoms with E-state index in [1.165, 1.54) is 12.8 Å². The highest BCUT2D eigenvalue weighted by Crippen LogP contribution is 2.29. The molecular weight excluding hydrogens is 314 g/mol. The van der Waals surface area contributed by atoms with E-state index in [1.807, 2.05) is 12.1 Å². The van der Waals surface area contributed by atoms with Gasteiger partial charge in [-0.05, 0) is 43.0 Å². The average Bonchev–Trinajstić information content (AvgIpc) is 3.04. The summed E-state index contributed by atoms with van der Waals surface area (Å²) in [4.78, 5) is 12.1.